The molecule has 0 aliphatic heterocycles. The monoisotopic (exact) mass is 278 g/mol. The summed E-state index contributed by atoms with van der Waals surface area (Å²) in [6, 6.07) is 4.07. The summed E-state index contributed by atoms with van der Waals surface area (Å²) in [7, 11) is 0. The fraction of sp³-hybridized carbons (Fsp3) is 0.429. The molecule has 1 amide bonds. The van der Waals surface area contributed by atoms with Gasteiger partial charge in [-0.25, -0.2) is 4.39 Å². The van der Waals surface area contributed by atoms with Crippen molar-refractivity contribution in [2.75, 3.05) is 5.32 Å². The van der Waals surface area contributed by atoms with E-state index in [4.69, 9.17) is 18.0 Å². The number of amides is 1. The van der Waals surface area contributed by atoms with Gasteiger partial charge in [-0.3, -0.25) is 4.79 Å². The molecule has 2 unspecified atom stereocenters. The minimum Gasteiger partial charge on any atom is -0.389 e. The zero-order valence-electron chi connectivity index (χ0n) is 10.4. The van der Waals surface area contributed by atoms with Crippen LogP contribution in [0.25, 0.3) is 0 Å². The topological polar surface area (TPSA) is 55.1 Å². The first-order valence-electron chi connectivity index (χ1n) is 6.48. The third-order valence-corrected chi connectivity index (χ3v) is 4.43. The Morgan fingerprint density at radius 1 is 1.37 bits per heavy atom. The van der Waals surface area contributed by atoms with E-state index < -0.39 is 5.82 Å². The first kappa shape index (κ1) is 12.5. The molecule has 0 saturated heterocycles. The lowest BCUT2D eigenvalue weighted by molar-refractivity contribution is -0.118. The van der Waals surface area contributed by atoms with Gasteiger partial charge in [-0.2, -0.15) is 0 Å². The number of hydrogen-bond acceptors (Lipinski definition) is 2. The van der Waals surface area contributed by atoms with Crippen molar-refractivity contribution in [3.63, 3.8) is 0 Å². The van der Waals surface area contributed by atoms with Crippen molar-refractivity contribution in [3.8, 4) is 0 Å². The van der Waals surface area contributed by atoms with Crippen LogP contribution in [0.15, 0.2) is 18.2 Å². The Kier molecular flexibility index (Phi) is 3.01. The third kappa shape index (κ3) is 2.23. The largest absolute Gasteiger partial charge is 0.389 e. The van der Waals surface area contributed by atoms with Gasteiger partial charge in [-0.15, -0.1) is 0 Å². The van der Waals surface area contributed by atoms with E-state index in [9.17, 15) is 9.18 Å². The maximum Gasteiger partial charge on any atom is 0.228 e. The molecule has 2 fully saturated rings. The Hall–Kier alpha value is -1.49. The fourth-order valence-electron chi connectivity index (χ4n) is 3.26. The number of benzene rings is 1. The molecular formula is C14H15FN2OS. The Balaban J connectivity index is 1.76. The van der Waals surface area contributed by atoms with Gasteiger partial charge in [0.2, 0.25) is 5.91 Å². The third-order valence-electron chi connectivity index (χ3n) is 4.21. The van der Waals surface area contributed by atoms with E-state index in [-0.39, 0.29) is 16.8 Å². The number of halogens is 1. The quantitative estimate of drug-likeness (QED) is 0.835. The lowest BCUT2D eigenvalue weighted by Gasteiger charge is -2.11. The molecule has 0 aromatic heterocycles. The molecule has 0 spiro atoms. The minimum absolute atomic E-state index is 0.0128. The van der Waals surface area contributed by atoms with Gasteiger partial charge in [0.05, 0.1) is 5.69 Å². The number of carbonyl (C=O) groups is 1. The van der Waals surface area contributed by atoms with Crippen LogP contribution in [0.1, 0.15) is 24.8 Å². The molecule has 1 aromatic rings. The van der Waals surface area contributed by atoms with E-state index in [2.05, 4.69) is 5.32 Å². The SMILES string of the molecule is NC(=S)c1cc(F)ccc1NC(=O)C1C2CCCC21. The maximum atomic E-state index is 13.2. The van der Waals surface area contributed by atoms with Gasteiger partial charge in [0, 0.05) is 11.5 Å². The van der Waals surface area contributed by atoms with Crippen molar-refractivity contribution in [1.29, 1.82) is 0 Å². The standard InChI is InChI=1S/C14H15FN2OS/c15-7-4-5-11(10(6-7)13(16)19)17-14(18)12-8-2-1-3-9(8)12/h4-6,8-9,12H,1-3H2,(H2,16,19)(H,17,18). The number of nitrogens with one attached hydrogen (secondary N) is 1. The van der Waals surface area contributed by atoms with Crippen LogP contribution in [0.2, 0.25) is 0 Å². The summed E-state index contributed by atoms with van der Waals surface area (Å²) >= 11 is 4.88. The van der Waals surface area contributed by atoms with Gasteiger partial charge >= 0.3 is 0 Å². The summed E-state index contributed by atoms with van der Waals surface area (Å²) < 4.78 is 13.2. The molecule has 2 atom stereocenters. The highest BCUT2D eigenvalue weighted by Crippen LogP contribution is 2.57. The molecule has 0 heterocycles. The number of thiocarbonyl (C=S) groups is 1. The van der Waals surface area contributed by atoms with E-state index in [0.29, 0.717) is 23.1 Å². The number of hydrogen-bond donors (Lipinski definition) is 2. The normalized spacial score (nSPS) is 27.7. The molecule has 5 heteroatoms. The number of rotatable bonds is 3. The number of nitrogens with two attached hydrogens (primary N) is 1. The van der Waals surface area contributed by atoms with Crippen molar-refractivity contribution < 1.29 is 9.18 Å². The number of fused-ring (bicyclic) bond motifs is 1. The van der Waals surface area contributed by atoms with Crippen molar-refractivity contribution in [3.05, 3.63) is 29.6 Å². The fourth-order valence-corrected chi connectivity index (χ4v) is 3.42. The van der Waals surface area contributed by atoms with Crippen LogP contribution in [0, 0.1) is 23.6 Å². The summed E-state index contributed by atoms with van der Waals surface area (Å²) in [5.74, 6) is 0.823. The van der Waals surface area contributed by atoms with E-state index in [1.807, 2.05) is 0 Å². The summed E-state index contributed by atoms with van der Waals surface area (Å²) in [6.07, 6.45) is 3.52. The van der Waals surface area contributed by atoms with Crippen LogP contribution < -0.4 is 11.1 Å². The Labute approximate surface area is 116 Å². The van der Waals surface area contributed by atoms with E-state index in [0.717, 1.165) is 12.8 Å². The highest BCUT2D eigenvalue weighted by atomic mass is 32.1. The van der Waals surface area contributed by atoms with Gasteiger partial charge in [-0.1, -0.05) is 18.6 Å². The van der Waals surface area contributed by atoms with Gasteiger partial charge < -0.3 is 11.1 Å². The van der Waals surface area contributed by atoms with Gasteiger partial charge in [0.1, 0.15) is 10.8 Å². The number of carbonyl (C=O) groups excluding carboxylic acids is 1. The summed E-state index contributed by atoms with van der Waals surface area (Å²) in [6.45, 7) is 0. The molecule has 100 valence electrons. The first-order valence-corrected chi connectivity index (χ1v) is 6.89. The second kappa shape index (κ2) is 4.56. The Morgan fingerprint density at radius 2 is 2.05 bits per heavy atom. The lowest BCUT2D eigenvalue weighted by atomic mass is 10.1. The molecule has 3 rings (SSSR count). The molecular weight excluding hydrogens is 263 g/mol. The molecule has 19 heavy (non-hydrogen) atoms. The van der Waals surface area contributed by atoms with E-state index in [1.54, 1.807) is 0 Å². The molecule has 2 saturated carbocycles. The summed E-state index contributed by atoms with van der Waals surface area (Å²) in [4.78, 5) is 12.2. The molecule has 1 aromatic carbocycles. The number of anilines is 1. The van der Waals surface area contributed by atoms with Gasteiger partial charge in [-0.05, 0) is 42.9 Å². The van der Waals surface area contributed by atoms with Crippen LogP contribution in [0.4, 0.5) is 10.1 Å². The molecule has 0 radical (unpaired) electrons. The Morgan fingerprint density at radius 3 is 2.68 bits per heavy atom. The summed E-state index contributed by atoms with van der Waals surface area (Å²) in [5, 5.41) is 2.84. The smallest absolute Gasteiger partial charge is 0.228 e. The van der Waals surface area contributed by atoms with Crippen molar-refractivity contribution in [1.82, 2.24) is 0 Å². The molecule has 3 N–H and O–H groups in total. The second-order valence-electron chi connectivity index (χ2n) is 5.33. The van der Waals surface area contributed by atoms with Gasteiger partial charge in [0.25, 0.3) is 0 Å². The summed E-state index contributed by atoms with van der Waals surface area (Å²) in [5.41, 5.74) is 6.44. The van der Waals surface area contributed by atoms with E-state index in [1.165, 1.54) is 24.6 Å². The van der Waals surface area contributed by atoms with E-state index >= 15 is 0 Å². The minimum atomic E-state index is -0.413. The molecule has 3 nitrogen and oxygen atoms in total. The zero-order valence-corrected chi connectivity index (χ0v) is 11.2. The molecule has 2 aliphatic carbocycles. The van der Waals surface area contributed by atoms with Crippen LogP contribution in [-0.4, -0.2) is 10.9 Å². The zero-order chi connectivity index (χ0) is 13.6. The first-order chi connectivity index (χ1) is 9.08. The second-order valence-corrected chi connectivity index (χ2v) is 5.77. The molecule has 0 bridgehead atoms. The predicted octanol–water partition coefficient (Wildman–Crippen LogP) is 2.44. The Bertz CT molecular complexity index is 550. The highest BCUT2D eigenvalue weighted by Gasteiger charge is 2.56. The lowest BCUT2D eigenvalue weighted by Crippen LogP contribution is -2.20. The van der Waals surface area contributed by atoms with Crippen LogP contribution in [-0.2, 0) is 4.79 Å². The van der Waals surface area contributed by atoms with Crippen LogP contribution in [0.3, 0.4) is 0 Å². The van der Waals surface area contributed by atoms with Crippen LogP contribution in [0.5, 0.6) is 0 Å². The average Bonchev–Trinajstić information content (AvgIpc) is 2.85. The van der Waals surface area contributed by atoms with Crippen molar-refractivity contribution in [2.45, 2.75) is 19.3 Å². The predicted molar refractivity (Wildman–Crippen MR) is 75.2 cm³/mol. The highest BCUT2D eigenvalue weighted by molar-refractivity contribution is 7.80. The molecule has 2 aliphatic rings. The maximum absolute atomic E-state index is 13.2. The van der Waals surface area contributed by atoms with Crippen LogP contribution >= 0.6 is 12.2 Å². The van der Waals surface area contributed by atoms with Crippen molar-refractivity contribution in [2.24, 2.45) is 23.5 Å². The average molecular weight is 278 g/mol. The van der Waals surface area contributed by atoms with Crippen molar-refractivity contribution >= 4 is 28.8 Å². The van der Waals surface area contributed by atoms with Gasteiger partial charge in [0.15, 0.2) is 0 Å².